The first-order valence-electron chi connectivity index (χ1n) is 9.82. The van der Waals surface area contributed by atoms with Gasteiger partial charge in [0.1, 0.15) is 5.75 Å². The van der Waals surface area contributed by atoms with Gasteiger partial charge in [0.25, 0.3) is 11.8 Å². The summed E-state index contributed by atoms with van der Waals surface area (Å²) in [6.07, 6.45) is 2.11. The minimum Gasteiger partial charge on any atom is -0.483 e. The number of hydrogen-bond acceptors (Lipinski definition) is 3. The van der Waals surface area contributed by atoms with Crippen molar-refractivity contribution in [1.82, 2.24) is 4.90 Å². The van der Waals surface area contributed by atoms with Gasteiger partial charge in [-0.05, 0) is 68.0 Å². The summed E-state index contributed by atoms with van der Waals surface area (Å²) in [4.78, 5) is 26.7. The van der Waals surface area contributed by atoms with Crippen LogP contribution in [0.25, 0.3) is 0 Å². The Labute approximate surface area is 166 Å². The Morgan fingerprint density at radius 3 is 2.25 bits per heavy atom. The number of carbonyl (C=O) groups excluding carboxylic acids is 2. The van der Waals surface area contributed by atoms with Crippen LogP contribution in [0.15, 0.2) is 42.5 Å². The van der Waals surface area contributed by atoms with E-state index < -0.39 is 0 Å². The van der Waals surface area contributed by atoms with E-state index in [4.69, 9.17) is 4.74 Å². The van der Waals surface area contributed by atoms with Crippen molar-refractivity contribution >= 4 is 17.5 Å². The van der Waals surface area contributed by atoms with Gasteiger partial charge in [-0.2, -0.15) is 0 Å². The average molecular weight is 380 g/mol. The first kappa shape index (κ1) is 19.9. The highest BCUT2D eigenvalue weighted by molar-refractivity contribution is 5.96. The van der Waals surface area contributed by atoms with E-state index >= 15 is 0 Å². The number of nitrogens with zero attached hydrogens (tertiary/aromatic N) is 1. The predicted molar refractivity (Wildman–Crippen MR) is 111 cm³/mol. The van der Waals surface area contributed by atoms with Crippen LogP contribution in [0.4, 0.5) is 5.69 Å². The van der Waals surface area contributed by atoms with Gasteiger partial charge in [-0.15, -0.1) is 0 Å². The highest BCUT2D eigenvalue weighted by atomic mass is 16.5. The molecule has 2 aromatic rings. The maximum Gasteiger partial charge on any atom is 0.262 e. The van der Waals surface area contributed by atoms with E-state index in [0.29, 0.717) is 17.2 Å². The van der Waals surface area contributed by atoms with Gasteiger partial charge in [0, 0.05) is 24.3 Å². The molecule has 0 radical (unpaired) electrons. The molecule has 0 unspecified atom stereocenters. The van der Waals surface area contributed by atoms with Crippen molar-refractivity contribution < 1.29 is 14.3 Å². The highest BCUT2D eigenvalue weighted by Crippen LogP contribution is 2.22. The molecule has 5 heteroatoms. The molecule has 5 nitrogen and oxygen atoms in total. The summed E-state index contributed by atoms with van der Waals surface area (Å²) in [7, 11) is 0. The number of nitrogens with one attached hydrogen (secondary N) is 1. The molecule has 0 saturated carbocycles. The van der Waals surface area contributed by atoms with Crippen LogP contribution in [0.1, 0.15) is 41.3 Å². The fourth-order valence-corrected chi connectivity index (χ4v) is 3.45. The fourth-order valence-electron chi connectivity index (χ4n) is 3.45. The molecule has 0 atom stereocenters. The molecule has 1 heterocycles. The normalized spacial score (nSPS) is 14.6. The molecular weight excluding hydrogens is 352 g/mol. The summed E-state index contributed by atoms with van der Waals surface area (Å²) in [6, 6.07) is 12.9. The number of likely N-dealkylation sites (tertiary alicyclic amines) is 1. The molecule has 1 saturated heterocycles. The third kappa shape index (κ3) is 4.91. The highest BCUT2D eigenvalue weighted by Gasteiger charge is 2.21. The number of ether oxygens (including phenoxy) is 1. The van der Waals surface area contributed by atoms with E-state index in [-0.39, 0.29) is 18.4 Å². The summed E-state index contributed by atoms with van der Waals surface area (Å²) in [5, 5.41) is 2.81. The lowest BCUT2D eigenvalue weighted by Gasteiger charge is -2.30. The molecular formula is C23H28N2O3. The Morgan fingerprint density at radius 1 is 1.04 bits per heavy atom. The molecule has 0 spiro atoms. The van der Waals surface area contributed by atoms with Crippen LogP contribution in [-0.2, 0) is 4.79 Å². The van der Waals surface area contributed by atoms with Crippen LogP contribution in [0, 0.1) is 19.8 Å². The molecule has 28 heavy (non-hydrogen) atoms. The van der Waals surface area contributed by atoms with Gasteiger partial charge in [0.2, 0.25) is 0 Å². The van der Waals surface area contributed by atoms with E-state index in [1.807, 2.05) is 36.9 Å². The lowest BCUT2D eigenvalue weighted by atomic mass is 9.98. The molecule has 0 aliphatic carbocycles. The van der Waals surface area contributed by atoms with Gasteiger partial charge in [0.15, 0.2) is 6.61 Å². The van der Waals surface area contributed by atoms with E-state index in [2.05, 4.69) is 12.2 Å². The molecule has 1 fully saturated rings. The zero-order valence-corrected chi connectivity index (χ0v) is 16.8. The number of para-hydroxylation sites is 1. The summed E-state index contributed by atoms with van der Waals surface area (Å²) in [6.45, 7) is 7.71. The summed E-state index contributed by atoms with van der Waals surface area (Å²) < 4.78 is 5.68. The first-order valence-corrected chi connectivity index (χ1v) is 9.82. The summed E-state index contributed by atoms with van der Waals surface area (Å²) in [5.41, 5.74) is 3.31. The van der Waals surface area contributed by atoms with Gasteiger partial charge < -0.3 is 15.0 Å². The van der Waals surface area contributed by atoms with Gasteiger partial charge in [-0.3, -0.25) is 9.59 Å². The second-order valence-electron chi connectivity index (χ2n) is 7.61. The van der Waals surface area contributed by atoms with Gasteiger partial charge in [0.05, 0.1) is 0 Å². The second kappa shape index (κ2) is 8.91. The minimum atomic E-state index is -0.230. The Balaban J connectivity index is 1.53. The Hall–Kier alpha value is -2.82. The molecule has 148 valence electrons. The maximum absolute atomic E-state index is 12.6. The number of rotatable bonds is 5. The van der Waals surface area contributed by atoms with Crippen molar-refractivity contribution in [1.29, 1.82) is 0 Å². The van der Waals surface area contributed by atoms with E-state index in [1.165, 1.54) is 0 Å². The number of hydrogen-bond donors (Lipinski definition) is 1. The molecule has 1 aliphatic rings. The zero-order valence-electron chi connectivity index (χ0n) is 16.8. The van der Waals surface area contributed by atoms with E-state index in [1.54, 1.807) is 24.3 Å². The van der Waals surface area contributed by atoms with Crippen molar-refractivity contribution in [2.24, 2.45) is 5.92 Å². The fraction of sp³-hybridized carbons (Fsp3) is 0.391. The van der Waals surface area contributed by atoms with Crippen molar-refractivity contribution in [3.8, 4) is 5.75 Å². The van der Waals surface area contributed by atoms with Gasteiger partial charge in [-0.25, -0.2) is 0 Å². The zero-order chi connectivity index (χ0) is 20.1. The standard InChI is InChI=1S/C23H28N2O3/c1-16-11-13-25(14-12-16)23(27)19-7-9-20(10-8-19)24-21(26)15-28-22-17(2)5-4-6-18(22)3/h4-10,16H,11-15H2,1-3H3,(H,24,26). The molecule has 0 bridgehead atoms. The lowest BCUT2D eigenvalue weighted by molar-refractivity contribution is -0.118. The van der Waals surface area contributed by atoms with E-state index in [0.717, 1.165) is 42.8 Å². The SMILES string of the molecule is Cc1cccc(C)c1OCC(=O)Nc1ccc(C(=O)N2CCC(C)CC2)cc1. The van der Waals surface area contributed by atoms with Crippen LogP contribution in [0.2, 0.25) is 0 Å². The molecule has 2 amide bonds. The molecule has 3 rings (SSSR count). The van der Waals surface area contributed by atoms with Gasteiger partial charge in [-0.1, -0.05) is 25.1 Å². The number of aryl methyl sites for hydroxylation is 2. The third-order valence-electron chi connectivity index (χ3n) is 5.24. The Morgan fingerprint density at radius 2 is 1.64 bits per heavy atom. The number of carbonyl (C=O) groups is 2. The molecule has 2 aromatic carbocycles. The molecule has 0 aromatic heterocycles. The van der Waals surface area contributed by atoms with Gasteiger partial charge >= 0.3 is 0 Å². The predicted octanol–water partition coefficient (Wildman–Crippen LogP) is 4.19. The van der Waals surface area contributed by atoms with Crippen LogP contribution in [0.5, 0.6) is 5.75 Å². The Kier molecular flexibility index (Phi) is 6.34. The first-order chi connectivity index (χ1) is 13.4. The Bertz CT molecular complexity index is 817. The van der Waals surface area contributed by atoms with Crippen LogP contribution in [0.3, 0.4) is 0 Å². The molecule has 1 aliphatic heterocycles. The lowest BCUT2D eigenvalue weighted by Crippen LogP contribution is -2.37. The second-order valence-corrected chi connectivity index (χ2v) is 7.61. The van der Waals surface area contributed by atoms with Crippen LogP contribution < -0.4 is 10.1 Å². The van der Waals surface area contributed by atoms with E-state index in [9.17, 15) is 9.59 Å². The maximum atomic E-state index is 12.6. The quantitative estimate of drug-likeness (QED) is 0.846. The van der Waals surface area contributed by atoms with Crippen molar-refractivity contribution in [2.75, 3.05) is 25.0 Å². The minimum absolute atomic E-state index is 0.0572. The average Bonchev–Trinajstić information content (AvgIpc) is 2.68. The topological polar surface area (TPSA) is 58.6 Å². The largest absolute Gasteiger partial charge is 0.483 e. The third-order valence-corrected chi connectivity index (χ3v) is 5.24. The summed E-state index contributed by atoms with van der Waals surface area (Å²) >= 11 is 0. The number of benzene rings is 2. The monoisotopic (exact) mass is 380 g/mol. The molecule has 1 N–H and O–H groups in total. The number of amides is 2. The number of anilines is 1. The smallest absolute Gasteiger partial charge is 0.262 e. The van der Waals surface area contributed by atoms with Crippen molar-refractivity contribution in [2.45, 2.75) is 33.6 Å². The van der Waals surface area contributed by atoms with Crippen LogP contribution >= 0.6 is 0 Å². The van der Waals surface area contributed by atoms with Crippen LogP contribution in [-0.4, -0.2) is 36.4 Å². The summed E-state index contributed by atoms with van der Waals surface area (Å²) in [5.74, 6) is 1.26. The van der Waals surface area contributed by atoms with Crippen molar-refractivity contribution in [3.63, 3.8) is 0 Å². The van der Waals surface area contributed by atoms with Crippen molar-refractivity contribution in [3.05, 3.63) is 59.2 Å². The number of piperidine rings is 1.